The van der Waals surface area contributed by atoms with E-state index in [4.69, 9.17) is 0 Å². The molecule has 7 heteroatoms. The number of anilines is 2. The first-order chi connectivity index (χ1) is 10.0. The van der Waals surface area contributed by atoms with Crippen molar-refractivity contribution in [3.05, 3.63) is 54.6 Å². The standard InChI is InChI=1S/C14H16N4O2S/c1-3-10-15-13-8-9-14(17-16-13)18-21(19,20)12-7-5-4-6-11(12)2/h3-9H,1,10H2,2H3,(H,15,16)(H,17,18). The summed E-state index contributed by atoms with van der Waals surface area (Å²) in [5, 5.41) is 10.7. The maximum Gasteiger partial charge on any atom is 0.263 e. The highest BCUT2D eigenvalue weighted by atomic mass is 32.2. The Bertz CT molecular complexity index is 727. The lowest BCUT2D eigenvalue weighted by atomic mass is 10.2. The number of hydrogen-bond donors (Lipinski definition) is 2. The van der Waals surface area contributed by atoms with Crippen molar-refractivity contribution < 1.29 is 8.42 Å². The van der Waals surface area contributed by atoms with Gasteiger partial charge in [0, 0.05) is 6.54 Å². The number of aryl methyl sites for hydroxylation is 1. The predicted octanol–water partition coefficient (Wildman–Crippen LogP) is 2.18. The molecule has 1 aromatic carbocycles. The molecule has 0 unspecified atom stereocenters. The van der Waals surface area contributed by atoms with Gasteiger partial charge in [-0.1, -0.05) is 24.3 Å². The average molecular weight is 304 g/mol. The number of nitrogens with zero attached hydrogens (tertiary/aromatic N) is 2. The van der Waals surface area contributed by atoms with Crippen LogP contribution in [0.1, 0.15) is 5.56 Å². The quantitative estimate of drug-likeness (QED) is 0.799. The molecule has 0 saturated heterocycles. The summed E-state index contributed by atoms with van der Waals surface area (Å²) in [5.74, 6) is 0.719. The van der Waals surface area contributed by atoms with Gasteiger partial charge in [-0.3, -0.25) is 4.72 Å². The molecule has 110 valence electrons. The van der Waals surface area contributed by atoms with E-state index in [0.717, 1.165) is 0 Å². The molecule has 0 fully saturated rings. The molecule has 0 saturated carbocycles. The van der Waals surface area contributed by atoms with Crippen LogP contribution in [0.5, 0.6) is 0 Å². The summed E-state index contributed by atoms with van der Waals surface area (Å²) in [6.07, 6.45) is 1.69. The van der Waals surface area contributed by atoms with E-state index >= 15 is 0 Å². The van der Waals surface area contributed by atoms with Crippen LogP contribution >= 0.6 is 0 Å². The topological polar surface area (TPSA) is 84.0 Å². The van der Waals surface area contributed by atoms with Crippen LogP contribution in [0.3, 0.4) is 0 Å². The highest BCUT2D eigenvalue weighted by molar-refractivity contribution is 7.92. The number of rotatable bonds is 6. The zero-order chi connectivity index (χ0) is 15.3. The van der Waals surface area contributed by atoms with Gasteiger partial charge in [-0.05, 0) is 30.7 Å². The second-order valence-electron chi connectivity index (χ2n) is 4.34. The fourth-order valence-corrected chi connectivity index (χ4v) is 2.95. The first-order valence-electron chi connectivity index (χ1n) is 6.30. The van der Waals surface area contributed by atoms with E-state index in [1.54, 1.807) is 49.4 Å². The molecule has 2 aromatic rings. The van der Waals surface area contributed by atoms with E-state index in [-0.39, 0.29) is 10.7 Å². The monoisotopic (exact) mass is 304 g/mol. The Morgan fingerprint density at radius 2 is 1.81 bits per heavy atom. The van der Waals surface area contributed by atoms with Gasteiger partial charge in [-0.25, -0.2) is 8.42 Å². The van der Waals surface area contributed by atoms with E-state index in [0.29, 0.717) is 17.9 Å². The van der Waals surface area contributed by atoms with E-state index in [1.807, 2.05) is 0 Å². The number of hydrogen-bond acceptors (Lipinski definition) is 5. The van der Waals surface area contributed by atoms with Gasteiger partial charge >= 0.3 is 0 Å². The second-order valence-corrected chi connectivity index (χ2v) is 6.00. The van der Waals surface area contributed by atoms with E-state index < -0.39 is 10.0 Å². The van der Waals surface area contributed by atoms with Gasteiger partial charge in [0.25, 0.3) is 10.0 Å². The Balaban J connectivity index is 2.17. The van der Waals surface area contributed by atoms with Crippen LogP contribution in [0, 0.1) is 6.92 Å². The Morgan fingerprint density at radius 1 is 1.14 bits per heavy atom. The van der Waals surface area contributed by atoms with Crippen molar-refractivity contribution in [1.82, 2.24) is 10.2 Å². The number of benzene rings is 1. The molecule has 1 heterocycles. The van der Waals surface area contributed by atoms with Crippen molar-refractivity contribution >= 4 is 21.7 Å². The average Bonchev–Trinajstić information content (AvgIpc) is 2.46. The van der Waals surface area contributed by atoms with Crippen LogP contribution in [0.2, 0.25) is 0 Å². The third-order valence-electron chi connectivity index (χ3n) is 2.71. The summed E-state index contributed by atoms with van der Waals surface area (Å²) in [6.45, 7) is 5.88. The van der Waals surface area contributed by atoms with Crippen LogP contribution < -0.4 is 10.0 Å². The van der Waals surface area contributed by atoms with Gasteiger partial charge in [-0.2, -0.15) is 0 Å². The lowest BCUT2D eigenvalue weighted by Crippen LogP contribution is -2.15. The maximum absolute atomic E-state index is 12.3. The minimum absolute atomic E-state index is 0.169. The van der Waals surface area contributed by atoms with E-state index in [2.05, 4.69) is 26.8 Å². The molecule has 21 heavy (non-hydrogen) atoms. The fourth-order valence-electron chi connectivity index (χ4n) is 1.71. The first kappa shape index (κ1) is 15.0. The Kier molecular flexibility index (Phi) is 4.54. The summed E-state index contributed by atoms with van der Waals surface area (Å²) in [6, 6.07) is 9.94. The molecule has 0 atom stereocenters. The number of aromatic nitrogens is 2. The van der Waals surface area contributed by atoms with E-state index in [9.17, 15) is 8.42 Å². The SMILES string of the molecule is C=CCNc1ccc(NS(=O)(=O)c2ccccc2C)nn1. The first-order valence-corrected chi connectivity index (χ1v) is 7.78. The van der Waals surface area contributed by atoms with Gasteiger partial charge in [0.1, 0.15) is 5.82 Å². The van der Waals surface area contributed by atoms with Crippen LogP contribution in [0.15, 0.2) is 53.9 Å². The minimum Gasteiger partial charge on any atom is -0.365 e. The van der Waals surface area contributed by atoms with Crippen molar-refractivity contribution in [3.8, 4) is 0 Å². The molecular weight excluding hydrogens is 288 g/mol. The fraction of sp³-hybridized carbons (Fsp3) is 0.143. The minimum atomic E-state index is -3.66. The number of sulfonamides is 1. The van der Waals surface area contributed by atoms with Crippen molar-refractivity contribution in [1.29, 1.82) is 0 Å². The molecule has 0 aliphatic rings. The molecule has 0 spiro atoms. The van der Waals surface area contributed by atoms with Crippen molar-refractivity contribution in [2.75, 3.05) is 16.6 Å². The summed E-state index contributed by atoms with van der Waals surface area (Å²) >= 11 is 0. The molecule has 0 radical (unpaired) electrons. The molecule has 0 aliphatic carbocycles. The summed E-state index contributed by atoms with van der Waals surface area (Å²) in [5.41, 5.74) is 0.669. The van der Waals surface area contributed by atoms with Crippen molar-refractivity contribution in [2.45, 2.75) is 11.8 Å². The molecule has 0 bridgehead atoms. The van der Waals surface area contributed by atoms with Gasteiger partial charge in [0.05, 0.1) is 4.90 Å². The Labute approximate surface area is 124 Å². The zero-order valence-electron chi connectivity index (χ0n) is 11.6. The van der Waals surface area contributed by atoms with Crippen LogP contribution in [-0.2, 0) is 10.0 Å². The van der Waals surface area contributed by atoms with Crippen LogP contribution in [-0.4, -0.2) is 25.2 Å². The van der Waals surface area contributed by atoms with Crippen LogP contribution in [0.4, 0.5) is 11.6 Å². The van der Waals surface area contributed by atoms with Crippen molar-refractivity contribution in [2.24, 2.45) is 0 Å². The smallest absolute Gasteiger partial charge is 0.263 e. The summed E-state index contributed by atoms with van der Waals surface area (Å²) < 4.78 is 27.0. The molecule has 1 aromatic heterocycles. The maximum atomic E-state index is 12.3. The van der Waals surface area contributed by atoms with Gasteiger partial charge in [-0.15, -0.1) is 16.8 Å². The largest absolute Gasteiger partial charge is 0.365 e. The zero-order valence-corrected chi connectivity index (χ0v) is 12.4. The summed E-state index contributed by atoms with van der Waals surface area (Å²) in [4.78, 5) is 0.223. The highest BCUT2D eigenvalue weighted by Gasteiger charge is 2.17. The van der Waals surface area contributed by atoms with Crippen molar-refractivity contribution in [3.63, 3.8) is 0 Å². The molecule has 0 amide bonds. The molecule has 0 aliphatic heterocycles. The predicted molar refractivity (Wildman–Crippen MR) is 82.7 cm³/mol. The molecular formula is C14H16N4O2S. The third kappa shape index (κ3) is 3.79. The molecule has 2 N–H and O–H groups in total. The lowest BCUT2D eigenvalue weighted by molar-refractivity contribution is 0.600. The highest BCUT2D eigenvalue weighted by Crippen LogP contribution is 2.17. The Hall–Kier alpha value is -2.41. The van der Waals surface area contributed by atoms with Gasteiger partial charge < -0.3 is 5.32 Å². The molecule has 2 rings (SSSR count). The number of nitrogens with one attached hydrogen (secondary N) is 2. The second kappa shape index (κ2) is 6.36. The van der Waals surface area contributed by atoms with Gasteiger partial charge in [0.2, 0.25) is 0 Å². The third-order valence-corrected chi connectivity index (χ3v) is 4.23. The lowest BCUT2D eigenvalue weighted by Gasteiger charge is -2.09. The Morgan fingerprint density at radius 3 is 2.43 bits per heavy atom. The normalized spacial score (nSPS) is 10.9. The molecule has 6 nitrogen and oxygen atoms in total. The van der Waals surface area contributed by atoms with Gasteiger partial charge in [0.15, 0.2) is 5.82 Å². The van der Waals surface area contributed by atoms with E-state index in [1.165, 1.54) is 0 Å². The van der Waals surface area contributed by atoms with Crippen LogP contribution in [0.25, 0.3) is 0 Å². The summed E-state index contributed by atoms with van der Waals surface area (Å²) in [7, 11) is -3.66.